The summed E-state index contributed by atoms with van der Waals surface area (Å²) >= 11 is 0. The van der Waals surface area contributed by atoms with Crippen molar-refractivity contribution < 1.29 is 24.5 Å². The lowest BCUT2D eigenvalue weighted by Gasteiger charge is -2.24. The zero-order chi connectivity index (χ0) is 43.8. The molecule has 0 aromatic heterocycles. The Balaban J connectivity index is 4.49. The van der Waals surface area contributed by atoms with E-state index >= 15 is 0 Å². The molecule has 3 N–H and O–H groups in total. The number of nitrogens with one attached hydrogen (secondary N) is 1. The standard InChI is InChI=1S/C54H101NO5/c1-4-7-10-13-16-19-22-24-26-27-28-30-32-35-38-41-44-47-54(59)60-50(45-42-39-36-33-21-18-15-12-9-6-3)48-53(58)55-51(49-56)52(57)46-43-40-37-34-31-29-25-23-20-17-14-11-8-5-2/h16,18-19,21,24,26,50-52,56-57H,4-15,17,20,22-23,25,27-49H2,1-3H3,(H,55,58)/b19-16-,21-18-,26-24-. The first-order chi connectivity index (χ1) is 29.5. The molecule has 1 amide bonds. The van der Waals surface area contributed by atoms with E-state index in [9.17, 15) is 19.8 Å². The second-order valence-electron chi connectivity index (χ2n) is 17.9. The molecule has 0 fully saturated rings. The Morgan fingerprint density at radius 3 is 1.33 bits per heavy atom. The molecule has 0 aromatic rings. The number of amides is 1. The number of hydrogen-bond donors (Lipinski definition) is 3. The van der Waals surface area contributed by atoms with E-state index in [1.807, 2.05) is 0 Å². The normalized spacial score (nSPS) is 13.5. The summed E-state index contributed by atoms with van der Waals surface area (Å²) in [6, 6.07) is -0.705. The highest BCUT2D eigenvalue weighted by Crippen LogP contribution is 2.18. The number of ether oxygens (including phenoxy) is 1. The van der Waals surface area contributed by atoms with Crippen molar-refractivity contribution in [2.75, 3.05) is 6.61 Å². The third-order valence-corrected chi connectivity index (χ3v) is 11.9. The monoisotopic (exact) mass is 844 g/mol. The number of carbonyl (C=O) groups excluding carboxylic acids is 2. The maximum absolute atomic E-state index is 13.2. The second kappa shape index (κ2) is 48.1. The summed E-state index contributed by atoms with van der Waals surface area (Å²) in [6.07, 6.45) is 56.3. The highest BCUT2D eigenvalue weighted by molar-refractivity contribution is 5.77. The molecular formula is C54H101NO5. The summed E-state index contributed by atoms with van der Waals surface area (Å²) in [5.41, 5.74) is 0. The van der Waals surface area contributed by atoms with Gasteiger partial charge in [-0.05, 0) is 83.5 Å². The fraction of sp³-hybridized carbons (Fsp3) is 0.852. The van der Waals surface area contributed by atoms with Gasteiger partial charge in [-0.25, -0.2) is 0 Å². The summed E-state index contributed by atoms with van der Waals surface area (Å²) in [7, 11) is 0. The molecule has 0 spiro atoms. The Morgan fingerprint density at radius 2 is 0.850 bits per heavy atom. The smallest absolute Gasteiger partial charge is 0.306 e. The summed E-state index contributed by atoms with van der Waals surface area (Å²) in [6.45, 7) is 6.44. The topological polar surface area (TPSA) is 95.9 Å². The Kier molecular flexibility index (Phi) is 46.6. The lowest BCUT2D eigenvalue weighted by molar-refractivity contribution is -0.151. The maximum atomic E-state index is 13.2. The molecular weight excluding hydrogens is 743 g/mol. The molecule has 0 saturated heterocycles. The first-order valence-electron chi connectivity index (χ1n) is 26.2. The molecule has 60 heavy (non-hydrogen) atoms. The highest BCUT2D eigenvalue weighted by atomic mass is 16.5. The molecule has 0 aliphatic rings. The zero-order valence-corrected chi connectivity index (χ0v) is 40.1. The molecule has 3 atom stereocenters. The van der Waals surface area contributed by atoms with E-state index in [-0.39, 0.29) is 24.9 Å². The van der Waals surface area contributed by atoms with Gasteiger partial charge in [0.2, 0.25) is 5.91 Å². The number of allylic oxidation sites excluding steroid dienone is 6. The molecule has 0 rings (SSSR count). The summed E-state index contributed by atoms with van der Waals surface area (Å²) in [4.78, 5) is 26.1. The van der Waals surface area contributed by atoms with Crippen molar-refractivity contribution in [2.24, 2.45) is 0 Å². The molecule has 0 aliphatic carbocycles. The SMILES string of the molecule is CCCCC/C=C\C/C=C\CCCCCCCCCC(=O)OC(CCCCC/C=C\CCCCC)CC(=O)NC(CO)C(O)CCCCCCCCCCCCCCCC. The lowest BCUT2D eigenvalue weighted by atomic mass is 10.0. The van der Waals surface area contributed by atoms with Crippen LogP contribution in [0.2, 0.25) is 0 Å². The zero-order valence-electron chi connectivity index (χ0n) is 40.1. The number of unbranched alkanes of at least 4 members (excludes halogenated alkanes) is 29. The molecule has 0 aliphatic heterocycles. The van der Waals surface area contributed by atoms with E-state index in [0.29, 0.717) is 19.3 Å². The van der Waals surface area contributed by atoms with Crippen molar-refractivity contribution in [2.45, 2.75) is 289 Å². The minimum absolute atomic E-state index is 0.0656. The van der Waals surface area contributed by atoms with Gasteiger partial charge in [-0.15, -0.1) is 0 Å². The van der Waals surface area contributed by atoms with Gasteiger partial charge >= 0.3 is 5.97 Å². The second-order valence-corrected chi connectivity index (χ2v) is 17.9. The number of esters is 1. The van der Waals surface area contributed by atoms with Gasteiger partial charge in [0.15, 0.2) is 0 Å². The van der Waals surface area contributed by atoms with E-state index in [1.54, 1.807) is 0 Å². The Bertz CT molecular complexity index is 993. The van der Waals surface area contributed by atoms with Crippen molar-refractivity contribution in [3.05, 3.63) is 36.5 Å². The van der Waals surface area contributed by atoms with Crippen LogP contribution < -0.4 is 5.32 Å². The highest BCUT2D eigenvalue weighted by Gasteiger charge is 2.24. The number of rotatable bonds is 47. The molecule has 6 heteroatoms. The average molecular weight is 844 g/mol. The van der Waals surface area contributed by atoms with Crippen LogP contribution in [0.15, 0.2) is 36.5 Å². The number of aliphatic hydroxyl groups is 2. The maximum Gasteiger partial charge on any atom is 0.306 e. The minimum atomic E-state index is -0.790. The van der Waals surface area contributed by atoms with Gasteiger partial charge in [-0.3, -0.25) is 9.59 Å². The Hall–Kier alpha value is -1.92. The van der Waals surface area contributed by atoms with E-state index in [4.69, 9.17) is 4.74 Å². The van der Waals surface area contributed by atoms with Crippen molar-refractivity contribution in [1.82, 2.24) is 5.32 Å². The van der Waals surface area contributed by atoms with Gasteiger partial charge < -0.3 is 20.3 Å². The average Bonchev–Trinajstić information content (AvgIpc) is 3.24. The molecule has 3 unspecified atom stereocenters. The predicted molar refractivity (Wildman–Crippen MR) is 259 cm³/mol. The van der Waals surface area contributed by atoms with E-state index in [1.165, 1.54) is 141 Å². The summed E-state index contributed by atoms with van der Waals surface area (Å²) in [5, 5.41) is 23.8. The molecule has 6 nitrogen and oxygen atoms in total. The van der Waals surface area contributed by atoms with Crippen LogP contribution in [0, 0.1) is 0 Å². The fourth-order valence-corrected chi connectivity index (χ4v) is 7.93. The Labute approximate surface area is 373 Å². The fourth-order valence-electron chi connectivity index (χ4n) is 7.93. The first-order valence-corrected chi connectivity index (χ1v) is 26.2. The molecule has 0 heterocycles. The van der Waals surface area contributed by atoms with Gasteiger partial charge in [0.1, 0.15) is 6.10 Å². The van der Waals surface area contributed by atoms with Crippen LogP contribution in [0.3, 0.4) is 0 Å². The number of hydrogen-bond acceptors (Lipinski definition) is 5. The number of aliphatic hydroxyl groups excluding tert-OH is 2. The van der Waals surface area contributed by atoms with Crippen LogP contribution in [0.5, 0.6) is 0 Å². The van der Waals surface area contributed by atoms with Gasteiger partial charge in [0.25, 0.3) is 0 Å². The summed E-state index contributed by atoms with van der Waals surface area (Å²) in [5.74, 6) is -0.492. The van der Waals surface area contributed by atoms with Crippen LogP contribution in [-0.4, -0.2) is 46.9 Å². The van der Waals surface area contributed by atoms with Crippen molar-refractivity contribution >= 4 is 11.9 Å². The summed E-state index contributed by atoms with van der Waals surface area (Å²) < 4.78 is 5.92. The molecule has 0 bridgehead atoms. The van der Waals surface area contributed by atoms with Crippen LogP contribution in [0.25, 0.3) is 0 Å². The minimum Gasteiger partial charge on any atom is -0.462 e. The first kappa shape index (κ1) is 58.1. The van der Waals surface area contributed by atoms with Crippen LogP contribution >= 0.6 is 0 Å². The largest absolute Gasteiger partial charge is 0.462 e. The third-order valence-electron chi connectivity index (χ3n) is 11.9. The van der Waals surface area contributed by atoms with Gasteiger partial charge in [0.05, 0.1) is 25.2 Å². The quantitative estimate of drug-likeness (QED) is 0.0322. The Morgan fingerprint density at radius 1 is 0.483 bits per heavy atom. The van der Waals surface area contributed by atoms with Gasteiger partial charge in [0, 0.05) is 6.42 Å². The lowest BCUT2D eigenvalue weighted by Crippen LogP contribution is -2.46. The van der Waals surface area contributed by atoms with E-state index in [2.05, 4.69) is 62.5 Å². The number of carbonyl (C=O) groups is 2. The van der Waals surface area contributed by atoms with Crippen molar-refractivity contribution in [3.8, 4) is 0 Å². The molecule has 0 radical (unpaired) electrons. The van der Waals surface area contributed by atoms with Crippen LogP contribution in [0.4, 0.5) is 0 Å². The molecule has 0 saturated carbocycles. The third kappa shape index (κ3) is 42.8. The van der Waals surface area contributed by atoms with E-state index < -0.39 is 18.2 Å². The van der Waals surface area contributed by atoms with Crippen LogP contribution in [0.1, 0.15) is 271 Å². The molecule has 352 valence electrons. The van der Waals surface area contributed by atoms with Crippen molar-refractivity contribution in [1.29, 1.82) is 0 Å². The van der Waals surface area contributed by atoms with E-state index in [0.717, 1.165) is 83.5 Å². The van der Waals surface area contributed by atoms with Crippen LogP contribution in [-0.2, 0) is 14.3 Å². The van der Waals surface area contributed by atoms with Gasteiger partial charge in [-0.2, -0.15) is 0 Å². The molecule has 0 aromatic carbocycles. The van der Waals surface area contributed by atoms with Crippen molar-refractivity contribution in [3.63, 3.8) is 0 Å². The van der Waals surface area contributed by atoms with Gasteiger partial charge in [-0.1, -0.05) is 211 Å². The predicted octanol–water partition coefficient (Wildman–Crippen LogP) is 15.7.